The lowest BCUT2D eigenvalue weighted by molar-refractivity contribution is -0.384. The maximum Gasteiger partial charge on any atom is 0.270 e. The molecule has 0 atom stereocenters. The van der Waals surface area contributed by atoms with Gasteiger partial charge in [0.05, 0.1) is 17.6 Å². The van der Waals surface area contributed by atoms with E-state index in [0.717, 1.165) is 12.1 Å². The normalized spacial score (nSPS) is 10.8. The number of nitro benzene ring substituents is 1. The van der Waals surface area contributed by atoms with Crippen LogP contribution in [0, 0.1) is 10.1 Å². The first-order valence-electron chi connectivity index (χ1n) is 6.77. The molecule has 0 amide bonds. The molecule has 0 radical (unpaired) electrons. The van der Waals surface area contributed by atoms with Crippen LogP contribution in [0.15, 0.2) is 18.2 Å². The van der Waals surface area contributed by atoms with Gasteiger partial charge in [0.1, 0.15) is 12.4 Å². The summed E-state index contributed by atoms with van der Waals surface area (Å²) in [4.78, 5) is 10.4. The molecule has 6 nitrogen and oxygen atoms in total. The average Bonchev–Trinajstić information content (AvgIpc) is 2.41. The fourth-order valence-corrected chi connectivity index (χ4v) is 1.65. The Bertz CT molecular complexity index is 435. The standard InChI is InChI=1S/C14H22N2O4/c1-4-15-10-12-9-13(16(17)18)5-6-14(12)20-8-7-19-11(2)3/h5-6,9,11,15H,4,7-8,10H2,1-3H3. The molecule has 0 bridgehead atoms. The van der Waals surface area contributed by atoms with Gasteiger partial charge in [-0.05, 0) is 26.5 Å². The zero-order valence-electron chi connectivity index (χ0n) is 12.2. The van der Waals surface area contributed by atoms with Gasteiger partial charge in [0, 0.05) is 24.2 Å². The van der Waals surface area contributed by atoms with E-state index in [1.807, 2.05) is 20.8 Å². The van der Waals surface area contributed by atoms with Crippen LogP contribution in [0.4, 0.5) is 5.69 Å². The van der Waals surface area contributed by atoms with Gasteiger partial charge in [-0.1, -0.05) is 6.92 Å². The van der Waals surface area contributed by atoms with Crippen molar-refractivity contribution in [2.75, 3.05) is 19.8 Å². The molecule has 0 aliphatic heterocycles. The van der Waals surface area contributed by atoms with Crippen LogP contribution in [-0.4, -0.2) is 30.8 Å². The van der Waals surface area contributed by atoms with E-state index >= 15 is 0 Å². The van der Waals surface area contributed by atoms with Gasteiger partial charge in [0.15, 0.2) is 0 Å². The Balaban J connectivity index is 2.69. The van der Waals surface area contributed by atoms with Crippen LogP contribution in [0.1, 0.15) is 26.3 Å². The SMILES string of the molecule is CCNCc1cc([N+](=O)[O-])ccc1OCCOC(C)C. The summed E-state index contributed by atoms with van der Waals surface area (Å²) in [5, 5.41) is 13.9. The molecule has 0 heterocycles. The van der Waals surface area contributed by atoms with Gasteiger partial charge in [-0.15, -0.1) is 0 Å². The number of hydrogen-bond donors (Lipinski definition) is 1. The number of benzene rings is 1. The Hall–Kier alpha value is -1.66. The van der Waals surface area contributed by atoms with Crippen molar-refractivity contribution in [3.63, 3.8) is 0 Å². The van der Waals surface area contributed by atoms with Crippen LogP contribution in [0.25, 0.3) is 0 Å². The largest absolute Gasteiger partial charge is 0.491 e. The Labute approximate surface area is 119 Å². The van der Waals surface area contributed by atoms with Crippen molar-refractivity contribution < 1.29 is 14.4 Å². The highest BCUT2D eigenvalue weighted by Crippen LogP contribution is 2.24. The van der Waals surface area contributed by atoms with Gasteiger partial charge >= 0.3 is 0 Å². The first-order valence-corrected chi connectivity index (χ1v) is 6.77. The predicted octanol–water partition coefficient (Wildman–Crippen LogP) is 2.51. The topological polar surface area (TPSA) is 73.6 Å². The van der Waals surface area contributed by atoms with Gasteiger partial charge in [-0.25, -0.2) is 0 Å². The number of rotatable bonds is 9. The second-order valence-corrected chi connectivity index (χ2v) is 4.60. The minimum absolute atomic E-state index is 0.0729. The second-order valence-electron chi connectivity index (χ2n) is 4.60. The van der Waals surface area contributed by atoms with Crippen molar-refractivity contribution in [3.05, 3.63) is 33.9 Å². The van der Waals surface area contributed by atoms with Gasteiger partial charge < -0.3 is 14.8 Å². The maximum absolute atomic E-state index is 10.8. The summed E-state index contributed by atoms with van der Waals surface area (Å²) in [7, 11) is 0. The number of non-ortho nitro benzene ring substituents is 1. The highest BCUT2D eigenvalue weighted by Gasteiger charge is 2.11. The number of nitrogens with one attached hydrogen (secondary N) is 1. The molecule has 0 saturated heterocycles. The highest BCUT2D eigenvalue weighted by molar-refractivity contribution is 5.43. The molecule has 1 aromatic rings. The molecule has 0 spiro atoms. The van der Waals surface area contributed by atoms with Crippen molar-refractivity contribution in [2.24, 2.45) is 0 Å². The average molecular weight is 282 g/mol. The van der Waals surface area contributed by atoms with E-state index in [-0.39, 0.29) is 11.8 Å². The van der Waals surface area contributed by atoms with Crippen molar-refractivity contribution >= 4 is 5.69 Å². The second kappa shape index (κ2) is 8.50. The van der Waals surface area contributed by atoms with E-state index in [1.54, 1.807) is 12.1 Å². The lowest BCUT2D eigenvalue weighted by Gasteiger charge is -2.13. The van der Waals surface area contributed by atoms with Crippen LogP contribution in [0.2, 0.25) is 0 Å². The molecule has 1 N–H and O–H groups in total. The summed E-state index contributed by atoms with van der Waals surface area (Å²) in [5.74, 6) is 0.656. The van der Waals surface area contributed by atoms with E-state index in [2.05, 4.69) is 5.32 Å². The van der Waals surface area contributed by atoms with Crippen molar-refractivity contribution in [1.29, 1.82) is 0 Å². The molecule has 6 heteroatoms. The van der Waals surface area contributed by atoms with E-state index in [1.165, 1.54) is 6.07 Å². The maximum atomic E-state index is 10.8. The van der Waals surface area contributed by atoms with Crippen LogP contribution in [0.5, 0.6) is 5.75 Å². The summed E-state index contributed by atoms with van der Waals surface area (Å²) >= 11 is 0. The minimum Gasteiger partial charge on any atom is -0.491 e. The summed E-state index contributed by atoms with van der Waals surface area (Å²) in [6, 6.07) is 4.63. The molecular formula is C14H22N2O4. The van der Waals surface area contributed by atoms with E-state index in [4.69, 9.17) is 9.47 Å². The fraction of sp³-hybridized carbons (Fsp3) is 0.571. The Morgan fingerprint density at radius 3 is 2.70 bits per heavy atom. The molecule has 20 heavy (non-hydrogen) atoms. The van der Waals surface area contributed by atoms with Gasteiger partial charge in [-0.3, -0.25) is 10.1 Å². The van der Waals surface area contributed by atoms with Gasteiger partial charge in [0.2, 0.25) is 0 Å². The number of ether oxygens (including phenoxy) is 2. The van der Waals surface area contributed by atoms with Crippen LogP contribution in [0.3, 0.4) is 0 Å². The zero-order chi connectivity index (χ0) is 15.0. The first-order chi connectivity index (χ1) is 9.54. The van der Waals surface area contributed by atoms with Gasteiger partial charge in [0.25, 0.3) is 5.69 Å². The minimum atomic E-state index is -0.402. The lowest BCUT2D eigenvalue weighted by atomic mass is 10.1. The summed E-state index contributed by atoms with van der Waals surface area (Å²) < 4.78 is 11.0. The van der Waals surface area contributed by atoms with Crippen molar-refractivity contribution in [3.8, 4) is 5.75 Å². The predicted molar refractivity (Wildman–Crippen MR) is 77.1 cm³/mol. The zero-order valence-corrected chi connectivity index (χ0v) is 12.2. The van der Waals surface area contributed by atoms with Gasteiger partial charge in [-0.2, -0.15) is 0 Å². The fourth-order valence-electron chi connectivity index (χ4n) is 1.65. The Kier molecular flexibility index (Phi) is 6.97. The van der Waals surface area contributed by atoms with Crippen LogP contribution >= 0.6 is 0 Å². The van der Waals surface area contributed by atoms with Crippen LogP contribution < -0.4 is 10.1 Å². The smallest absolute Gasteiger partial charge is 0.270 e. The molecule has 1 aromatic carbocycles. The molecule has 0 aliphatic rings. The molecule has 0 aromatic heterocycles. The molecule has 0 unspecified atom stereocenters. The molecular weight excluding hydrogens is 260 g/mol. The summed E-state index contributed by atoms with van der Waals surface area (Å²) in [6.45, 7) is 8.15. The third-order valence-corrected chi connectivity index (χ3v) is 2.61. The number of nitro groups is 1. The van der Waals surface area contributed by atoms with Crippen molar-refractivity contribution in [1.82, 2.24) is 5.32 Å². The molecule has 0 saturated carbocycles. The molecule has 1 rings (SSSR count). The Morgan fingerprint density at radius 2 is 2.10 bits per heavy atom. The van der Waals surface area contributed by atoms with Crippen LogP contribution in [-0.2, 0) is 11.3 Å². The summed E-state index contributed by atoms with van der Waals surface area (Å²) in [5.41, 5.74) is 0.856. The third kappa shape index (κ3) is 5.54. The molecule has 0 fully saturated rings. The van der Waals surface area contributed by atoms with E-state index in [0.29, 0.717) is 25.5 Å². The molecule has 0 aliphatic carbocycles. The van der Waals surface area contributed by atoms with E-state index in [9.17, 15) is 10.1 Å². The number of hydrogen-bond acceptors (Lipinski definition) is 5. The highest BCUT2D eigenvalue weighted by atomic mass is 16.6. The summed E-state index contributed by atoms with van der Waals surface area (Å²) in [6.07, 6.45) is 0.164. The first kappa shape index (κ1) is 16.4. The quantitative estimate of drug-likeness (QED) is 0.428. The molecule has 112 valence electrons. The Morgan fingerprint density at radius 1 is 1.35 bits per heavy atom. The van der Waals surface area contributed by atoms with Crippen molar-refractivity contribution in [2.45, 2.75) is 33.4 Å². The monoisotopic (exact) mass is 282 g/mol. The third-order valence-electron chi connectivity index (χ3n) is 2.61. The number of nitrogens with zero attached hydrogens (tertiary/aromatic N) is 1. The van der Waals surface area contributed by atoms with E-state index < -0.39 is 4.92 Å². The lowest BCUT2D eigenvalue weighted by Crippen LogP contribution is -2.15.